The number of ether oxygens (including phenoxy) is 3. The van der Waals surface area contributed by atoms with Crippen LogP contribution in [-0.2, 0) is 4.79 Å². The van der Waals surface area contributed by atoms with Crippen molar-refractivity contribution < 1.29 is 19.0 Å². The second-order valence-electron chi connectivity index (χ2n) is 4.56. The van der Waals surface area contributed by atoms with Crippen LogP contribution in [0.1, 0.15) is 19.8 Å². The van der Waals surface area contributed by atoms with Gasteiger partial charge in [0.1, 0.15) is 5.75 Å². The van der Waals surface area contributed by atoms with Crippen LogP contribution in [0.5, 0.6) is 17.2 Å². The molecule has 0 unspecified atom stereocenters. The van der Waals surface area contributed by atoms with Crippen LogP contribution in [0.3, 0.4) is 0 Å². The number of nitrogens with one attached hydrogen (secondary N) is 1. The highest BCUT2D eigenvalue weighted by atomic mass is 16.7. The lowest BCUT2D eigenvalue weighted by atomic mass is 10.3. The van der Waals surface area contributed by atoms with Gasteiger partial charge in [0.05, 0.1) is 0 Å². The molecule has 2 aliphatic rings. The molecule has 5 heteroatoms. The van der Waals surface area contributed by atoms with E-state index in [4.69, 9.17) is 14.2 Å². The summed E-state index contributed by atoms with van der Waals surface area (Å²) in [7, 11) is 0. The molecule has 0 spiro atoms. The predicted octanol–water partition coefficient (Wildman–Crippen LogP) is 1.46. The molecule has 1 atom stereocenters. The van der Waals surface area contributed by atoms with E-state index in [2.05, 4.69) is 5.32 Å². The number of amides is 1. The van der Waals surface area contributed by atoms with Crippen LogP contribution in [0.25, 0.3) is 0 Å². The van der Waals surface area contributed by atoms with Gasteiger partial charge in [-0.25, -0.2) is 0 Å². The lowest BCUT2D eigenvalue weighted by molar-refractivity contribution is -0.127. The van der Waals surface area contributed by atoms with Crippen LogP contribution in [0.4, 0.5) is 0 Å². The molecule has 1 amide bonds. The topological polar surface area (TPSA) is 56.8 Å². The summed E-state index contributed by atoms with van der Waals surface area (Å²) in [5.41, 5.74) is 0. The Labute approximate surface area is 105 Å². The van der Waals surface area contributed by atoms with Gasteiger partial charge in [0.2, 0.25) is 6.79 Å². The third-order valence-electron chi connectivity index (χ3n) is 2.95. The Hall–Kier alpha value is -1.91. The smallest absolute Gasteiger partial charge is 0.260 e. The van der Waals surface area contributed by atoms with E-state index in [1.54, 1.807) is 25.1 Å². The number of carbonyl (C=O) groups is 1. The Kier molecular flexibility index (Phi) is 2.74. The van der Waals surface area contributed by atoms with Gasteiger partial charge in [-0.15, -0.1) is 0 Å². The Morgan fingerprint density at radius 1 is 1.39 bits per heavy atom. The standard InChI is InChI=1S/C13H15NO4/c1-8(13(15)14-9-2-3-9)18-10-4-5-11-12(6-10)17-7-16-11/h4-6,8-9H,2-3,7H2,1H3,(H,14,15)/t8-/m1/s1. The molecule has 0 radical (unpaired) electrons. The van der Waals surface area contributed by atoms with Crippen LogP contribution in [0, 0.1) is 0 Å². The third-order valence-corrected chi connectivity index (χ3v) is 2.95. The second-order valence-corrected chi connectivity index (χ2v) is 4.56. The molecule has 1 fully saturated rings. The van der Waals surface area contributed by atoms with Gasteiger partial charge in [0.15, 0.2) is 17.6 Å². The van der Waals surface area contributed by atoms with Gasteiger partial charge in [-0.2, -0.15) is 0 Å². The molecule has 96 valence electrons. The van der Waals surface area contributed by atoms with Gasteiger partial charge >= 0.3 is 0 Å². The quantitative estimate of drug-likeness (QED) is 0.877. The molecule has 1 saturated carbocycles. The molecule has 1 aromatic carbocycles. The summed E-state index contributed by atoms with van der Waals surface area (Å²) < 4.78 is 16.0. The van der Waals surface area contributed by atoms with Gasteiger partial charge < -0.3 is 19.5 Å². The lowest BCUT2D eigenvalue weighted by Crippen LogP contribution is -2.37. The van der Waals surface area contributed by atoms with Crippen molar-refractivity contribution in [3.63, 3.8) is 0 Å². The Morgan fingerprint density at radius 2 is 2.17 bits per heavy atom. The fourth-order valence-electron chi connectivity index (χ4n) is 1.75. The molecule has 1 aliphatic heterocycles. The summed E-state index contributed by atoms with van der Waals surface area (Å²) in [5.74, 6) is 1.90. The average Bonchev–Trinajstić information content (AvgIpc) is 3.05. The summed E-state index contributed by atoms with van der Waals surface area (Å²) in [6, 6.07) is 5.64. The maximum atomic E-state index is 11.7. The molecule has 1 N–H and O–H groups in total. The molecule has 0 saturated heterocycles. The second kappa shape index (κ2) is 4.40. The van der Waals surface area contributed by atoms with E-state index in [1.165, 1.54) is 0 Å². The van der Waals surface area contributed by atoms with E-state index < -0.39 is 6.10 Å². The van der Waals surface area contributed by atoms with Gasteiger partial charge in [-0.1, -0.05) is 0 Å². The Balaban J connectivity index is 1.62. The molecule has 1 aliphatic carbocycles. The molecule has 0 aromatic heterocycles. The zero-order valence-electron chi connectivity index (χ0n) is 10.1. The number of carbonyl (C=O) groups excluding carboxylic acids is 1. The largest absolute Gasteiger partial charge is 0.481 e. The van der Waals surface area contributed by atoms with Crippen molar-refractivity contribution in [2.24, 2.45) is 0 Å². The molecule has 5 nitrogen and oxygen atoms in total. The first kappa shape index (κ1) is 11.2. The highest BCUT2D eigenvalue weighted by Gasteiger charge is 2.26. The van der Waals surface area contributed by atoms with Crippen molar-refractivity contribution in [2.75, 3.05) is 6.79 Å². The van der Waals surface area contributed by atoms with Crippen molar-refractivity contribution >= 4 is 5.91 Å². The first-order valence-electron chi connectivity index (χ1n) is 6.09. The number of fused-ring (bicyclic) bond motifs is 1. The fourth-order valence-corrected chi connectivity index (χ4v) is 1.75. The van der Waals surface area contributed by atoms with E-state index >= 15 is 0 Å². The Morgan fingerprint density at radius 3 is 2.94 bits per heavy atom. The van der Waals surface area contributed by atoms with E-state index in [0.29, 0.717) is 23.3 Å². The number of benzene rings is 1. The molecule has 18 heavy (non-hydrogen) atoms. The monoisotopic (exact) mass is 249 g/mol. The predicted molar refractivity (Wildman–Crippen MR) is 63.8 cm³/mol. The van der Waals surface area contributed by atoms with E-state index in [1.807, 2.05) is 0 Å². The lowest BCUT2D eigenvalue weighted by Gasteiger charge is -2.14. The molecule has 1 heterocycles. The van der Waals surface area contributed by atoms with Crippen LogP contribution in [0.15, 0.2) is 18.2 Å². The van der Waals surface area contributed by atoms with Crippen molar-refractivity contribution in [3.8, 4) is 17.2 Å². The van der Waals surface area contributed by atoms with Crippen molar-refractivity contribution in [2.45, 2.75) is 31.9 Å². The van der Waals surface area contributed by atoms with Crippen molar-refractivity contribution in [3.05, 3.63) is 18.2 Å². The summed E-state index contributed by atoms with van der Waals surface area (Å²) in [6.45, 7) is 1.97. The first-order valence-corrected chi connectivity index (χ1v) is 6.09. The van der Waals surface area contributed by atoms with Gasteiger partial charge in [0, 0.05) is 12.1 Å². The summed E-state index contributed by atoms with van der Waals surface area (Å²) in [4.78, 5) is 11.7. The van der Waals surface area contributed by atoms with Gasteiger partial charge in [0.25, 0.3) is 5.91 Å². The highest BCUT2D eigenvalue weighted by Crippen LogP contribution is 2.35. The molecule has 1 aromatic rings. The van der Waals surface area contributed by atoms with E-state index in [-0.39, 0.29) is 12.7 Å². The number of rotatable bonds is 4. The minimum atomic E-state index is -0.508. The van der Waals surface area contributed by atoms with Gasteiger partial charge in [-0.05, 0) is 31.9 Å². The minimum Gasteiger partial charge on any atom is -0.481 e. The van der Waals surface area contributed by atoms with Crippen LogP contribution < -0.4 is 19.5 Å². The number of hydrogen-bond acceptors (Lipinski definition) is 4. The molecular weight excluding hydrogens is 234 g/mol. The van der Waals surface area contributed by atoms with Crippen LogP contribution in [0.2, 0.25) is 0 Å². The SMILES string of the molecule is C[C@@H](Oc1ccc2c(c1)OCO2)C(=O)NC1CC1. The minimum absolute atomic E-state index is 0.0739. The number of hydrogen-bond donors (Lipinski definition) is 1. The normalized spacial score (nSPS) is 18.3. The van der Waals surface area contributed by atoms with Crippen molar-refractivity contribution in [1.29, 1.82) is 0 Å². The van der Waals surface area contributed by atoms with Gasteiger partial charge in [-0.3, -0.25) is 4.79 Å². The van der Waals surface area contributed by atoms with Crippen LogP contribution in [-0.4, -0.2) is 24.8 Å². The maximum absolute atomic E-state index is 11.7. The fraction of sp³-hybridized carbons (Fsp3) is 0.462. The van der Waals surface area contributed by atoms with E-state index in [0.717, 1.165) is 12.8 Å². The van der Waals surface area contributed by atoms with Crippen LogP contribution >= 0.6 is 0 Å². The third kappa shape index (κ3) is 2.34. The Bertz CT molecular complexity index is 470. The summed E-state index contributed by atoms with van der Waals surface area (Å²) in [5, 5.41) is 2.91. The molecule has 3 rings (SSSR count). The maximum Gasteiger partial charge on any atom is 0.260 e. The van der Waals surface area contributed by atoms with Crippen molar-refractivity contribution in [1.82, 2.24) is 5.32 Å². The summed E-state index contributed by atoms with van der Waals surface area (Å²) >= 11 is 0. The zero-order valence-corrected chi connectivity index (χ0v) is 10.1. The summed E-state index contributed by atoms with van der Waals surface area (Å²) in [6.07, 6.45) is 1.64. The van der Waals surface area contributed by atoms with E-state index in [9.17, 15) is 4.79 Å². The first-order chi connectivity index (χ1) is 8.72. The average molecular weight is 249 g/mol. The highest BCUT2D eigenvalue weighted by molar-refractivity contribution is 5.81. The zero-order chi connectivity index (χ0) is 12.5. The molecule has 0 bridgehead atoms. The molecular formula is C13H15NO4.